The minimum Gasteiger partial charge on any atom is -0.372 e. The highest BCUT2D eigenvalue weighted by molar-refractivity contribution is 6.30. The average molecular weight is 275 g/mol. The molecule has 1 heterocycles. The summed E-state index contributed by atoms with van der Waals surface area (Å²) >= 11 is 6.00. The molecule has 0 N–H and O–H groups in total. The van der Waals surface area contributed by atoms with E-state index in [2.05, 4.69) is 54.1 Å². The molecule has 1 aromatic heterocycles. The number of hydrogen-bond acceptors (Lipinski definition) is 2. The first-order valence-corrected chi connectivity index (χ1v) is 7.01. The van der Waals surface area contributed by atoms with Gasteiger partial charge in [0.2, 0.25) is 0 Å². The van der Waals surface area contributed by atoms with E-state index in [0.29, 0.717) is 5.15 Å². The van der Waals surface area contributed by atoms with E-state index in [-0.39, 0.29) is 0 Å². The zero-order valence-corrected chi connectivity index (χ0v) is 12.4. The highest BCUT2D eigenvalue weighted by Crippen LogP contribution is 2.31. The quantitative estimate of drug-likeness (QED) is 0.760. The summed E-state index contributed by atoms with van der Waals surface area (Å²) in [5.74, 6) is 0. The minimum atomic E-state index is 0.573. The number of benzene rings is 1. The number of aromatic nitrogens is 1. The van der Waals surface area contributed by atoms with Crippen molar-refractivity contribution in [2.75, 3.05) is 18.0 Å². The van der Waals surface area contributed by atoms with E-state index in [1.165, 1.54) is 11.3 Å². The third-order valence-electron chi connectivity index (χ3n) is 3.33. The first-order chi connectivity index (χ1) is 9.17. The Kier molecular flexibility index (Phi) is 4.43. The van der Waals surface area contributed by atoms with E-state index in [0.717, 1.165) is 24.2 Å². The van der Waals surface area contributed by atoms with Gasteiger partial charge in [-0.3, -0.25) is 0 Å². The maximum absolute atomic E-state index is 6.00. The minimum absolute atomic E-state index is 0.573. The molecule has 19 heavy (non-hydrogen) atoms. The van der Waals surface area contributed by atoms with Crippen molar-refractivity contribution in [3.63, 3.8) is 0 Å². The van der Waals surface area contributed by atoms with Gasteiger partial charge < -0.3 is 4.90 Å². The molecule has 0 radical (unpaired) electrons. The maximum atomic E-state index is 6.00. The second kappa shape index (κ2) is 6.07. The molecule has 0 fully saturated rings. The number of hydrogen-bond donors (Lipinski definition) is 0. The number of anilines is 1. The molecule has 0 saturated heterocycles. The van der Waals surface area contributed by atoms with Crippen molar-refractivity contribution < 1.29 is 0 Å². The molecule has 2 rings (SSSR count). The Bertz CT molecular complexity index is 562. The summed E-state index contributed by atoms with van der Waals surface area (Å²) in [6.45, 7) is 8.32. The van der Waals surface area contributed by atoms with Gasteiger partial charge in [-0.25, -0.2) is 4.98 Å². The Labute approximate surface area is 120 Å². The number of halogens is 1. The van der Waals surface area contributed by atoms with Crippen LogP contribution >= 0.6 is 11.6 Å². The van der Waals surface area contributed by atoms with E-state index >= 15 is 0 Å². The van der Waals surface area contributed by atoms with Crippen molar-refractivity contribution in [3.8, 4) is 11.1 Å². The highest BCUT2D eigenvalue weighted by atomic mass is 35.5. The fourth-order valence-corrected chi connectivity index (χ4v) is 2.37. The molecule has 0 atom stereocenters. The van der Waals surface area contributed by atoms with Crippen LogP contribution in [0.15, 0.2) is 36.5 Å². The van der Waals surface area contributed by atoms with Crippen LogP contribution in [0.1, 0.15) is 19.4 Å². The molecule has 0 unspecified atom stereocenters. The van der Waals surface area contributed by atoms with Crippen molar-refractivity contribution in [2.24, 2.45) is 0 Å². The summed E-state index contributed by atoms with van der Waals surface area (Å²) in [4.78, 5) is 6.60. The van der Waals surface area contributed by atoms with Gasteiger partial charge in [-0.1, -0.05) is 29.8 Å². The molecule has 100 valence electrons. The second-order valence-corrected chi connectivity index (χ2v) is 4.88. The smallest absolute Gasteiger partial charge is 0.131 e. The second-order valence-electron chi connectivity index (χ2n) is 4.52. The lowest BCUT2D eigenvalue weighted by Gasteiger charge is -2.24. The Morgan fingerprint density at radius 2 is 1.84 bits per heavy atom. The number of para-hydroxylation sites is 1. The van der Waals surface area contributed by atoms with Gasteiger partial charge in [0.05, 0.1) is 0 Å². The summed E-state index contributed by atoms with van der Waals surface area (Å²) in [6.07, 6.45) is 1.84. The standard InChI is InChI=1S/C16H19ClN2/c1-4-19(5-2)15-9-7-6-8-14(15)13-10-12(3)16(17)18-11-13/h6-11H,4-5H2,1-3H3. The maximum Gasteiger partial charge on any atom is 0.131 e. The van der Waals surface area contributed by atoms with Crippen molar-refractivity contribution in [3.05, 3.63) is 47.2 Å². The Hall–Kier alpha value is -1.54. The van der Waals surface area contributed by atoms with Crippen LogP contribution in [0.25, 0.3) is 11.1 Å². The van der Waals surface area contributed by atoms with Crippen molar-refractivity contribution in [1.82, 2.24) is 4.98 Å². The van der Waals surface area contributed by atoms with E-state index in [9.17, 15) is 0 Å². The van der Waals surface area contributed by atoms with Gasteiger partial charge in [0.25, 0.3) is 0 Å². The van der Waals surface area contributed by atoms with Crippen molar-refractivity contribution >= 4 is 17.3 Å². The molecule has 0 aliphatic rings. The Balaban J connectivity index is 2.52. The normalized spacial score (nSPS) is 10.5. The van der Waals surface area contributed by atoms with Crippen LogP contribution in [0.3, 0.4) is 0 Å². The molecule has 3 heteroatoms. The Morgan fingerprint density at radius 1 is 1.16 bits per heavy atom. The number of aryl methyl sites for hydroxylation is 1. The number of rotatable bonds is 4. The molecule has 0 amide bonds. The van der Waals surface area contributed by atoms with Crippen LogP contribution < -0.4 is 4.90 Å². The third-order valence-corrected chi connectivity index (χ3v) is 3.73. The van der Waals surface area contributed by atoms with Gasteiger partial charge in [0.15, 0.2) is 0 Å². The Morgan fingerprint density at radius 3 is 2.47 bits per heavy atom. The lowest BCUT2D eigenvalue weighted by molar-refractivity contribution is 0.867. The predicted molar refractivity (Wildman–Crippen MR) is 83.0 cm³/mol. The van der Waals surface area contributed by atoms with E-state index < -0.39 is 0 Å². The van der Waals surface area contributed by atoms with Crippen molar-refractivity contribution in [2.45, 2.75) is 20.8 Å². The molecule has 2 aromatic rings. The van der Waals surface area contributed by atoms with Crippen LogP contribution in [-0.4, -0.2) is 18.1 Å². The lowest BCUT2D eigenvalue weighted by Crippen LogP contribution is -2.22. The molecule has 0 aliphatic carbocycles. The predicted octanol–water partition coefficient (Wildman–Crippen LogP) is 4.56. The SMILES string of the molecule is CCN(CC)c1ccccc1-c1cnc(Cl)c(C)c1. The molecule has 0 spiro atoms. The summed E-state index contributed by atoms with van der Waals surface area (Å²) < 4.78 is 0. The molecular formula is C16H19ClN2. The molecule has 0 saturated carbocycles. The first-order valence-electron chi connectivity index (χ1n) is 6.63. The average Bonchev–Trinajstić information content (AvgIpc) is 2.44. The van der Waals surface area contributed by atoms with Crippen LogP contribution in [-0.2, 0) is 0 Å². The first kappa shape index (κ1) is 13.9. The highest BCUT2D eigenvalue weighted by Gasteiger charge is 2.10. The number of pyridine rings is 1. The van der Waals surface area contributed by atoms with Crippen LogP contribution in [0, 0.1) is 6.92 Å². The van der Waals surface area contributed by atoms with E-state index in [1.807, 2.05) is 13.1 Å². The van der Waals surface area contributed by atoms with Gasteiger partial charge in [-0.15, -0.1) is 0 Å². The van der Waals surface area contributed by atoms with Gasteiger partial charge in [-0.2, -0.15) is 0 Å². The lowest BCUT2D eigenvalue weighted by atomic mass is 10.0. The number of nitrogens with zero attached hydrogens (tertiary/aromatic N) is 2. The van der Waals surface area contributed by atoms with Gasteiger partial charge in [0.1, 0.15) is 5.15 Å². The molecule has 1 aromatic carbocycles. The zero-order chi connectivity index (χ0) is 13.8. The summed E-state index contributed by atoms with van der Waals surface area (Å²) in [5, 5.41) is 0.573. The summed E-state index contributed by atoms with van der Waals surface area (Å²) in [6, 6.07) is 10.5. The molecular weight excluding hydrogens is 256 g/mol. The topological polar surface area (TPSA) is 16.1 Å². The van der Waals surface area contributed by atoms with Crippen molar-refractivity contribution in [1.29, 1.82) is 0 Å². The zero-order valence-electron chi connectivity index (χ0n) is 11.7. The van der Waals surface area contributed by atoms with Gasteiger partial charge >= 0.3 is 0 Å². The summed E-state index contributed by atoms with van der Waals surface area (Å²) in [7, 11) is 0. The van der Waals surface area contributed by atoms with E-state index in [4.69, 9.17) is 11.6 Å². The van der Waals surface area contributed by atoms with Crippen LogP contribution in [0.2, 0.25) is 5.15 Å². The largest absolute Gasteiger partial charge is 0.372 e. The van der Waals surface area contributed by atoms with E-state index in [1.54, 1.807) is 0 Å². The van der Waals surface area contributed by atoms with Gasteiger partial charge in [0, 0.05) is 36.1 Å². The fraction of sp³-hybridized carbons (Fsp3) is 0.312. The molecule has 2 nitrogen and oxygen atoms in total. The monoisotopic (exact) mass is 274 g/mol. The van der Waals surface area contributed by atoms with Gasteiger partial charge in [-0.05, 0) is 38.5 Å². The van der Waals surface area contributed by atoms with Crippen LogP contribution in [0.4, 0.5) is 5.69 Å². The van der Waals surface area contributed by atoms with Crippen LogP contribution in [0.5, 0.6) is 0 Å². The molecule has 0 aliphatic heterocycles. The fourth-order valence-electron chi connectivity index (χ4n) is 2.26. The third kappa shape index (κ3) is 2.90. The summed E-state index contributed by atoms with van der Waals surface area (Å²) in [5.41, 5.74) is 4.58. The molecule has 0 bridgehead atoms.